The van der Waals surface area contributed by atoms with Crippen molar-refractivity contribution in [3.05, 3.63) is 12.3 Å². The van der Waals surface area contributed by atoms with E-state index in [1.807, 2.05) is 0 Å². The fourth-order valence-corrected chi connectivity index (χ4v) is 0.476. The Morgan fingerprint density at radius 1 is 1.71 bits per heavy atom. The predicted molar refractivity (Wildman–Crippen MR) is 24.6 cm³/mol. The van der Waals surface area contributed by atoms with Crippen LogP contribution in [0.1, 0.15) is 6.92 Å². The van der Waals surface area contributed by atoms with E-state index < -0.39 is 6.17 Å². The second-order valence-electron chi connectivity index (χ2n) is 1.61. The molecule has 0 aromatic heterocycles. The number of ether oxygens (including phenoxy) is 1. The van der Waals surface area contributed by atoms with Gasteiger partial charge in [0.2, 0.25) is 0 Å². The number of rotatable bonds is 0. The van der Waals surface area contributed by atoms with E-state index in [0.717, 1.165) is 0 Å². The Balaban J connectivity index is 2.45. The molecular formula is C5H7FO. The lowest BCUT2D eigenvalue weighted by Gasteiger charge is -2.02. The average molecular weight is 102 g/mol. The Kier molecular flexibility index (Phi) is 1.01. The third-order valence-corrected chi connectivity index (χ3v) is 1.00. The Bertz CT molecular complexity index is 90.1. The number of hydrogen-bond donors (Lipinski definition) is 0. The second-order valence-corrected chi connectivity index (χ2v) is 1.61. The predicted octanol–water partition coefficient (Wildman–Crippen LogP) is 1.26. The van der Waals surface area contributed by atoms with Gasteiger partial charge in [0.15, 0.2) is 6.17 Å². The van der Waals surface area contributed by atoms with Gasteiger partial charge in [0.25, 0.3) is 0 Å². The van der Waals surface area contributed by atoms with Gasteiger partial charge >= 0.3 is 0 Å². The van der Waals surface area contributed by atoms with Gasteiger partial charge in [-0.15, -0.1) is 0 Å². The summed E-state index contributed by atoms with van der Waals surface area (Å²) in [6.07, 6.45) is 1.65. The first-order chi connectivity index (χ1) is 3.30. The van der Waals surface area contributed by atoms with Crippen molar-refractivity contribution in [3.63, 3.8) is 0 Å². The molecule has 0 saturated carbocycles. The van der Waals surface area contributed by atoms with Gasteiger partial charge in [-0.1, -0.05) is 0 Å². The zero-order chi connectivity index (χ0) is 5.28. The zero-order valence-electron chi connectivity index (χ0n) is 4.10. The lowest BCUT2D eigenvalue weighted by atomic mass is 10.3. The van der Waals surface area contributed by atoms with E-state index in [2.05, 4.69) is 0 Å². The van der Waals surface area contributed by atoms with Crippen LogP contribution in [0.25, 0.3) is 0 Å². The number of hydrogen-bond acceptors (Lipinski definition) is 1. The van der Waals surface area contributed by atoms with E-state index in [9.17, 15) is 4.39 Å². The molecule has 0 fully saturated rings. The van der Waals surface area contributed by atoms with Gasteiger partial charge in [0, 0.05) is 0 Å². The van der Waals surface area contributed by atoms with Gasteiger partial charge in [0.05, 0.1) is 6.26 Å². The molecule has 0 spiro atoms. The van der Waals surface area contributed by atoms with Gasteiger partial charge in [-0.3, -0.25) is 0 Å². The first kappa shape index (κ1) is 4.62. The molecule has 0 aliphatic carbocycles. The summed E-state index contributed by atoms with van der Waals surface area (Å²) < 4.78 is 16.8. The smallest absolute Gasteiger partial charge is 0.158 e. The molecule has 1 nitrogen and oxygen atoms in total. The Morgan fingerprint density at radius 2 is 2.43 bits per heavy atom. The Labute approximate surface area is 41.8 Å². The minimum Gasteiger partial charge on any atom is -0.495 e. The van der Waals surface area contributed by atoms with Gasteiger partial charge < -0.3 is 4.74 Å². The van der Waals surface area contributed by atoms with E-state index in [-0.39, 0.29) is 6.10 Å². The summed E-state index contributed by atoms with van der Waals surface area (Å²) in [5.74, 6) is 0. The quantitative estimate of drug-likeness (QED) is 0.447. The molecule has 0 saturated heterocycles. The standard InChI is InChI=1S/C5H7FO/c1-4-5(6)2-3-7-4/h2-5H,1H3. The molecule has 7 heavy (non-hydrogen) atoms. The summed E-state index contributed by atoms with van der Waals surface area (Å²) in [5.41, 5.74) is 0. The molecule has 1 rings (SSSR count). The molecule has 1 aliphatic rings. The Hall–Kier alpha value is -0.530. The van der Waals surface area contributed by atoms with Crippen molar-refractivity contribution < 1.29 is 9.13 Å². The van der Waals surface area contributed by atoms with E-state index in [1.165, 1.54) is 12.3 Å². The average Bonchev–Trinajstić information content (AvgIpc) is 1.91. The van der Waals surface area contributed by atoms with Crippen LogP contribution in [0.3, 0.4) is 0 Å². The van der Waals surface area contributed by atoms with Crippen LogP contribution in [-0.4, -0.2) is 12.3 Å². The molecule has 2 unspecified atom stereocenters. The molecule has 0 aromatic carbocycles. The van der Waals surface area contributed by atoms with E-state index in [0.29, 0.717) is 0 Å². The van der Waals surface area contributed by atoms with Gasteiger partial charge in [0.1, 0.15) is 6.10 Å². The van der Waals surface area contributed by atoms with Crippen LogP contribution in [0, 0.1) is 0 Å². The highest BCUT2D eigenvalue weighted by Gasteiger charge is 2.17. The van der Waals surface area contributed by atoms with Crippen LogP contribution in [0.15, 0.2) is 12.3 Å². The molecule has 2 heteroatoms. The van der Waals surface area contributed by atoms with Crippen molar-refractivity contribution in [2.75, 3.05) is 0 Å². The third-order valence-electron chi connectivity index (χ3n) is 1.00. The molecule has 0 radical (unpaired) electrons. The van der Waals surface area contributed by atoms with Gasteiger partial charge in [-0.25, -0.2) is 4.39 Å². The molecule has 0 amide bonds. The molecule has 0 aromatic rings. The number of halogens is 1. The minimum absolute atomic E-state index is 0.264. The summed E-state index contributed by atoms with van der Waals surface area (Å²) in [6.45, 7) is 1.70. The van der Waals surface area contributed by atoms with Crippen LogP contribution < -0.4 is 0 Å². The molecule has 0 bridgehead atoms. The molecule has 0 N–H and O–H groups in total. The summed E-state index contributed by atoms with van der Waals surface area (Å²) in [5, 5.41) is 0. The van der Waals surface area contributed by atoms with Crippen LogP contribution >= 0.6 is 0 Å². The fourth-order valence-electron chi connectivity index (χ4n) is 0.476. The van der Waals surface area contributed by atoms with Gasteiger partial charge in [-0.2, -0.15) is 0 Å². The first-order valence-corrected chi connectivity index (χ1v) is 2.27. The van der Waals surface area contributed by atoms with Crippen LogP contribution in [0.2, 0.25) is 0 Å². The van der Waals surface area contributed by atoms with Crippen LogP contribution in [0.4, 0.5) is 4.39 Å². The highest BCUT2D eigenvalue weighted by molar-refractivity contribution is 4.94. The molecule has 1 aliphatic heterocycles. The second kappa shape index (κ2) is 1.52. The lowest BCUT2D eigenvalue weighted by Crippen LogP contribution is -2.11. The fraction of sp³-hybridized carbons (Fsp3) is 0.600. The van der Waals surface area contributed by atoms with E-state index in [1.54, 1.807) is 6.92 Å². The highest BCUT2D eigenvalue weighted by atomic mass is 19.1. The van der Waals surface area contributed by atoms with Crippen molar-refractivity contribution in [2.24, 2.45) is 0 Å². The Morgan fingerprint density at radius 3 is 2.57 bits per heavy atom. The van der Waals surface area contributed by atoms with Crippen molar-refractivity contribution in [1.29, 1.82) is 0 Å². The number of alkyl halides is 1. The summed E-state index contributed by atoms with van der Waals surface area (Å²) >= 11 is 0. The summed E-state index contributed by atoms with van der Waals surface area (Å²) in [4.78, 5) is 0. The SMILES string of the molecule is CC1OC=CC1F. The molecule has 1 heterocycles. The lowest BCUT2D eigenvalue weighted by molar-refractivity contribution is 0.128. The third kappa shape index (κ3) is 0.734. The topological polar surface area (TPSA) is 9.23 Å². The van der Waals surface area contributed by atoms with Crippen molar-refractivity contribution >= 4 is 0 Å². The largest absolute Gasteiger partial charge is 0.495 e. The van der Waals surface area contributed by atoms with Crippen LogP contribution in [-0.2, 0) is 4.74 Å². The maximum Gasteiger partial charge on any atom is 0.158 e. The summed E-state index contributed by atoms with van der Waals surface area (Å²) in [7, 11) is 0. The van der Waals surface area contributed by atoms with Crippen molar-refractivity contribution in [3.8, 4) is 0 Å². The van der Waals surface area contributed by atoms with Gasteiger partial charge in [-0.05, 0) is 13.0 Å². The maximum atomic E-state index is 12.1. The molecular weight excluding hydrogens is 95.1 g/mol. The van der Waals surface area contributed by atoms with E-state index in [4.69, 9.17) is 4.74 Å². The van der Waals surface area contributed by atoms with Crippen molar-refractivity contribution in [1.82, 2.24) is 0 Å². The molecule has 2 atom stereocenters. The zero-order valence-corrected chi connectivity index (χ0v) is 4.10. The van der Waals surface area contributed by atoms with Crippen LogP contribution in [0.5, 0.6) is 0 Å². The highest BCUT2D eigenvalue weighted by Crippen LogP contribution is 2.11. The normalized spacial score (nSPS) is 38.6. The summed E-state index contributed by atoms with van der Waals surface area (Å²) in [6, 6.07) is 0. The first-order valence-electron chi connectivity index (χ1n) is 2.27. The minimum atomic E-state index is -0.889. The molecule has 40 valence electrons. The monoisotopic (exact) mass is 102 g/mol. The van der Waals surface area contributed by atoms with E-state index >= 15 is 0 Å². The maximum absolute atomic E-state index is 12.1. The van der Waals surface area contributed by atoms with Crippen molar-refractivity contribution in [2.45, 2.75) is 19.2 Å².